The van der Waals surface area contributed by atoms with Crippen molar-refractivity contribution in [1.29, 1.82) is 0 Å². The molecule has 1 aromatic carbocycles. The number of benzene rings is 1. The number of esters is 1. The number of ether oxygens (including phenoxy) is 1. The maximum atomic E-state index is 12.7. The van der Waals surface area contributed by atoms with Gasteiger partial charge >= 0.3 is 5.97 Å². The van der Waals surface area contributed by atoms with Crippen molar-refractivity contribution in [2.75, 3.05) is 18.0 Å². The van der Waals surface area contributed by atoms with E-state index in [2.05, 4.69) is 5.32 Å². The molecule has 0 aromatic heterocycles. The molecular weight excluding hydrogens is 376 g/mol. The molecule has 0 atom stereocenters. The number of hydrogen-bond donors (Lipinski definition) is 1. The molecule has 0 radical (unpaired) electrons. The van der Waals surface area contributed by atoms with Crippen LogP contribution in [0.1, 0.15) is 70.6 Å². The molecular formula is C22H31ClN2O3. The first-order valence-electron chi connectivity index (χ1n) is 10.7. The molecule has 1 saturated carbocycles. The van der Waals surface area contributed by atoms with E-state index in [0.717, 1.165) is 12.8 Å². The number of nitrogens with one attached hydrogen (secondary N) is 1. The molecule has 3 rings (SSSR count). The van der Waals surface area contributed by atoms with E-state index in [1.54, 1.807) is 23.1 Å². The van der Waals surface area contributed by atoms with Crippen LogP contribution in [-0.2, 0) is 9.59 Å². The van der Waals surface area contributed by atoms with Gasteiger partial charge in [-0.3, -0.25) is 4.79 Å². The molecule has 1 aliphatic carbocycles. The normalized spacial score (nSPS) is 19.8. The van der Waals surface area contributed by atoms with Crippen molar-refractivity contribution in [2.24, 2.45) is 0 Å². The monoisotopic (exact) mass is 406 g/mol. The summed E-state index contributed by atoms with van der Waals surface area (Å²) in [6, 6.07) is 5.32. The van der Waals surface area contributed by atoms with Gasteiger partial charge in [0.2, 0.25) is 5.91 Å². The van der Waals surface area contributed by atoms with Gasteiger partial charge in [0.15, 0.2) is 5.75 Å². The molecule has 154 valence electrons. The largest absolute Gasteiger partial charge is 0.423 e. The zero-order chi connectivity index (χ0) is 19.8. The number of carbonyl (C=O) groups excluding carboxylic acids is 2. The Hall–Kier alpha value is -1.75. The first-order chi connectivity index (χ1) is 13.6. The van der Waals surface area contributed by atoms with Crippen LogP contribution < -0.4 is 15.0 Å². The van der Waals surface area contributed by atoms with Crippen LogP contribution >= 0.6 is 11.6 Å². The number of nitrogens with zero attached hydrogens (tertiary/aromatic N) is 1. The fourth-order valence-electron chi connectivity index (χ4n) is 4.12. The summed E-state index contributed by atoms with van der Waals surface area (Å²) >= 11 is 6.09. The number of halogens is 1. The Labute approximate surface area is 172 Å². The molecule has 0 spiro atoms. The van der Waals surface area contributed by atoms with Crippen molar-refractivity contribution in [3.63, 3.8) is 0 Å². The fourth-order valence-corrected chi connectivity index (χ4v) is 4.28. The molecule has 1 aliphatic heterocycles. The van der Waals surface area contributed by atoms with Gasteiger partial charge < -0.3 is 15.0 Å². The summed E-state index contributed by atoms with van der Waals surface area (Å²) in [5, 5.41) is 3.77. The molecule has 1 fully saturated rings. The summed E-state index contributed by atoms with van der Waals surface area (Å²) < 4.78 is 5.26. The van der Waals surface area contributed by atoms with Gasteiger partial charge in [0, 0.05) is 11.1 Å². The van der Waals surface area contributed by atoms with Crippen LogP contribution in [0.2, 0.25) is 5.02 Å². The van der Waals surface area contributed by atoms with E-state index < -0.39 is 0 Å². The van der Waals surface area contributed by atoms with Crippen LogP contribution in [0.25, 0.3) is 0 Å². The summed E-state index contributed by atoms with van der Waals surface area (Å²) in [5.41, 5.74) is 0.695. The van der Waals surface area contributed by atoms with Crippen LogP contribution in [-0.4, -0.2) is 31.0 Å². The van der Waals surface area contributed by atoms with Gasteiger partial charge in [0.1, 0.15) is 6.54 Å². The molecule has 0 saturated heterocycles. The van der Waals surface area contributed by atoms with Gasteiger partial charge in [0.25, 0.3) is 0 Å². The zero-order valence-corrected chi connectivity index (χ0v) is 17.3. The van der Waals surface area contributed by atoms with Crippen molar-refractivity contribution in [1.82, 2.24) is 5.32 Å². The van der Waals surface area contributed by atoms with Crippen molar-refractivity contribution in [3.8, 4) is 5.75 Å². The lowest BCUT2D eigenvalue weighted by Gasteiger charge is -2.30. The van der Waals surface area contributed by atoms with Crippen LogP contribution in [0.4, 0.5) is 5.69 Å². The zero-order valence-electron chi connectivity index (χ0n) is 16.6. The molecule has 1 aromatic rings. The Morgan fingerprint density at radius 3 is 2.29 bits per heavy atom. The molecule has 1 N–H and O–H groups in total. The van der Waals surface area contributed by atoms with Crippen LogP contribution in [0.3, 0.4) is 0 Å². The molecule has 6 heteroatoms. The van der Waals surface area contributed by atoms with Gasteiger partial charge in [-0.25, -0.2) is 4.79 Å². The summed E-state index contributed by atoms with van der Waals surface area (Å²) in [5.74, 6) is 0.0609. The van der Waals surface area contributed by atoms with E-state index in [0.29, 0.717) is 16.5 Å². The minimum absolute atomic E-state index is 0.0438. The Kier molecular flexibility index (Phi) is 8.01. The lowest BCUT2D eigenvalue weighted by molar-refractivity contribution is -0.133. The molecule has 28 heavy (non-hydrogen) atoms. The Balaban J connectivity index is 1.57. The van der Waals surface area contributed by atoms with Gasteiger partial charge in [-0.1, -0.05) is 69.4 Å². The third kappa shape index (κ3) is 6.40. The first kappa shape index (κ1) is 21.0. The predicted octanol–water partition coefficient (Wildman–Crippen LogP) is 4.85. The number of fused-ring (bicyclic) bond motifs is 1. The van der Waals surface area contributed by atoms with Crippen LogP contribution in [0, 0.1) is 0 Å². The van der Waals surface area contributed by atoms with E-state index in [4.69, 9.17) is 16.3 Å². The van der Waals surface area contributed by atoms with E-state index in [9.17, 15) is 9.59 Å². The Morgan fingerprint density at radius 2 is 1.64 bits per heavy atom. The van der Waals surface area contributed by atoms with Gasteiger partial charge in [-0.2, -0.15) is 0 Å². The summed E-state index contributed by atoms with van der Waals surface area (Å²) in [6.07, 6.45) is 13.5. The van der Waals surface area contributed by atoms with E-state index in [-0.39, 0.29) is 31.0 Å². The number of rotatable bonds is 3. The second-order valence-corrected chi connectivity index (χ2v) is 8.40. The summed E-state index contributed by atoms with van der Waals surface area (Å²) in [4.78, 5) is 26.3. The number of carbonyl (C=O) groups is 2. The highest BCUT2D eigenvalue weighted by molar-refractivity contribution is 6.31. The molecule has 5 nitrogen and oxygen atoms in total. The smallest absolute Gasteiger partial charge is 0.331 e. The third-order valence-electron chi connectivity index (χ3n) is 5.61. The lowest BCUT2D eigenvalue weighted by atomic mass is 9.98. The SMILES string of the molecule is O=C(CN1CC(=O)Oc2ccc(Cl)cc21)NC1CCCCCCCCCCC1. The van der Waals surface area contributed by atoms with Crippen molar-refractivity contribution < 1.29 is 14.3 Å². The average Bonchev–Trinajstić information content (AvgIpc) is 2.64. The Morgan fingerprint density at radius 1 is 1.04 bits per heavy atom. The lowest BCUT2D eigenvalue weighted by Crippen LogP contribution is -2.46. The number of anilines is 1. The summed E-state index contributed by atoms with van der Waals surface area (Å²) in [6.45, 7) is 0.199. The van der Waals surface area contributed by atoms with E-state index in [1.165, 1.54) is 57.8 Å². The highest BCUT2D eigenvalue weighted by atomic mass is 35.5. The minimum atomic E-state index is -0.353. The molecule has 0 bridgehead atoms. The van der Waals surface area contributed by atoms with Gasteiger partial charge in [-0.15, -0.1) is 0 Å². The highest BCUT2D eigenvalue weighted by Crippen LogP contribution is 2.34. The van der Waals surface area contributed by atoms with Crippen LogP contribution in [0.5, 0.6) is 5.75 Å². The molecule has 1 amide bonds. The number of amides is 1. The van der Waals surface area contributed by atoms with E-state index in [1.807, 2.05) is 0 Å². The fraction of sp³-hybridized carbons (Fsp3) is 0.636. The van der Waals surface area contributed by atoms with Gasteiger partial charge in [-0.05, 0) is 31.0 Å². The standard InChI is InChI=1S/C22H31ClN2O3/c23-17-12-13-20-19(14-17)25(16-22(27)28-20)15-21(26)24-18-10-8-6-4-2-1-3-5-7-9-11-18/h12-14,18H,1-11,15-16H2,(H,24,26). The highest BCUT2D eigenvalue weighted by Gasteiger charge is 2.26. The molecule has 2 aliphatic rings. The number of hydrogen-bond acceptors (Lipinski definition) is 4. The maximum absolute atomic E-state index is 12.7. The second kappa shape index (κ2) is 10.7. The van der Waals surface area contributed by atoms with Crippen LogP contribution in [0.15, 0.2) is 18.2 Å². The van der Waals surface area contributed by atoms with Gasteiger partial charge in [0.05, 0.1) is 12.2 Å². The minimum Gasteiger partial charge on any atom is -0.423 e. The molecule has 1 heterocycles. The van der Waals surface area contributed by atoms with Crippen molar-refractivity contribution in [3.05, 3.63) is 23.2 Å². The third-order valence-corrected chi connectivity index (χ3v) is 5.85. The Bertz CT molecular complexity index is 668. The van der Waals surface area contributed by atoms with E-state index >= 15 is 0 Å². The first-order valence-corrected chi connectivity index (χ1v) is 11.0. The maximum Gasteiger partial charge on any atom is 0.331 e. The topological polar surface area (TPSA) is 58.6 Å². The average molecular weight is 407 g/mol. The second-order valence-electron chi connectivity index (χ2n) is 7.97. The van der Waals surface area contributed by atoms with Crippen molar-refractivity contribution in [2.45, 2.75) is 76.7 Å². The predicted molar refractivity (Wildman–Crippen MR) is 112 cm³/mol. The quantitative estimate of drug-likeness (QED) is 0.575. The molecule has 0 unspecified atom stereocenters. The van der Waals surface area contributed by atoms with Crippen molar-refractivity contribution >= 4 is 29.2 Å². The summed E-state index contributed by atoms with van der Waals surface area (Å²) in [7, 11) is 0.